The van der Waals surface area contributed by atoms with Crippen molar-refractivity contribution in [1.29, 1.82) is 0 Å². The Hall–Kier alpha value is -3.43. The first kappa shape index (κ1) is 19.9. The Kier molecular flexibility index (Phi) is 5.39. The van der Waals surface area contributed by atoms with Gasteiger partial charge >= 0.3 is 0 Å². The Morgan fingerprint density at radius 3 is 2.67 bits per heavy atom. The van der Waals surface area contributed by atoms with Gasteiger partial charge in [0, 0.05) is 44.4 Å². The van der Waals surface area contributed by atoms with Crippen molar-refractivity contribution >= 4 is 23.4 Å². The molecule has 3 aromatic heterocycles. The van der Waals surface area contributed by atoms with Crippen LogP contribution in [0.4, 0.5) is 5.82 Å². The van der Waals surface area contributed by atoms with Crippen molar-refractivity contribution < 1.29 is 14.0 Å². The van der Waals surface area contributed by atoms with Crippen molar-refractivity contribution in [2.45, 2.75) is 33.2 Å². The van der Waals surface area contributed by atoms with Crippen LogP contribution in [0.3, 0.4) is 0 Å². The zero-order chi connectivity index (χ0) is 21.3. The van der Waals surface area contributed by atoms with Gasteiger partial charge in [0.25, 0.3) is 11.7 Å². The quantitative estimate of drug-likeness (QED) is 0.668. The third kappa shape index (κ3) is 3.72. The monoisotopic (exact) mass is 411 g/mol. The van der Waals surface area contributed by atoms with Crippen LogP contribution in [0, 0.1) is 6.92 Å². The van der Waals surface area contributed by atoms with Crippen molar-refractivity contribution in [3.8, 4) is 0 Å². The molecule has 0 radical (unpaired) electrons. The number of furan rings is 1. The molecule has 4 heterocycles. The van der Waals surface area contributed by atoms with Gasteiger partial charge in [-0.2, -0.15) is 4.98 Å². The summed E-state index contributed by atoms with van der Waals surface area (Å²) in [7, 11) is 0. The normalized spacial score (nSPS) is 15.4. The third-order valence-corrected chi connectivity index (χ3v) is 5.31. The van der Waals surface area contributed by atoms with E-state index < -0.39 is 11.9 Å². The maximum atomic E-state index is 12.7. The molecule has 30 heavy (non-hydrogen) atoms. The highest BCUT2D eigenvalue weighted by atomic mass is 16.3. The van der Waals surface area contributed by atoms with Crippen LogP contribution in [-0.2, 0) is 11.2 Å². The van der Waals surface area contributed by atoms with Crippen LogP contribution in [0.1, 0.15) is 35.9 Å². The van der Waals surface area contributed by atoms with Gasteiger partial charge in [-0.05, 0) is 26.0 Å². The summed E-state index contributed by atoms with van der Waals surface area (Å²) in [6.45, 7) is 8.16. The van der Waals surface area contributed by atoms with Gasteiger partial charge in [-0.15, -0.1) is 10.2 Å². The number of piperazine rings is 1. The van der Waals surface area contributed by atoms with Crippen LogP contribution in [0.25, 0.3) is 5.78 Å². The molecule has 1 fully saturated rings. The maximum absolute atomic E-state index is 12.7. The molecular formula is C20H25N7O3. The molecular weight excluding hydrogens is 386 g/mol. The maximum Gasteiger partial charge on any atom is 0.287 e. The minimum absolute atomic E-state index is 0.112. The summed E-state index contributed by atoms with van der Waals surface area (Å²) in [5.74, 6) is 2.00. The molecule has 1 aliphatic heterocycles. The van der Waals surface area contributed by atoms with Crippen molar-refractivity contribution in [1.82, 2.24) is 29.8 Å². The fourth-order valence-electron chi connectivity index (χ4n) is 3.68. The van der Waals surface area contributed by atoms with E-state index in [1.165, 1.54) is 6.26 Å². The molecule has 0 spiro atoms. The van der Waals surface area contributed by atoms with E-state index in [1.54, 1.807) is 24.0 Å². The average Bonchev–Trinajstić information content (AvgIpc) is 3.43. The zero-order valence-corrected chi connectivity index (χ0v) is 17.3. The van der Waals surface area contributed by atoms with Crippen LogP contribution in [0.2, 0.25) is 0 Å². The topological polar surface area (TPSA) is 109 Å². The SMILES string of the molecule is CCc1nnc2nc(N3CCN(C(=O)C(C)NC(=O)c4ccco4)CC3)cc(C)n12. The number of carbonyl (C=O) groups excluding carboxylic acids is 2. The molecule has 1 aliphatic rings. The predicted molar refractivity (Wildman–Crippen MR) is 109 cm³/mol. The summed E-state index contributed by atoms with van der Waals surface area (Å²) >= 11 is 0. The van der Waals surface area contributed by atoms with Gasteiger partial charge in [0.1, 0.15) is 17.7 Å². The van der Waals surface area contributed by atoms with Crippen molar-refractivity contribution in [2.75, 3.05) is 31.1 Å². The lowest BCUT2D eigenvalue weighted by atomic mass is 10.2. The van der Waals surface area contributed by atoms with Crippen LogP contribution in [0.5, 0.6) is 0 Å². The van der Waals surface area contributed by atoms with Crippen LogP contribution >= 0.6 is 0 Å². The molecule has 0 aliphatic carbocycles. The summed E-state index contributed by atoms with van der Waals surface area (Å²) in [6.07, 6.45) is 2.22. The van der Waals surface area contributed by atoms with E-state index in [4.69, 9.17) is 4.42 Å². The van der Waals surface area contributed by atoms with E-state index in [9.17, 15) is 9.59 Å². The second-order valence-corrected chi connectivity index (χ2v) is 7.35. The van der Waals surface area contributed by atoms with Gasteiger partial charge < -0.3 is 19.5 Å². The fraction of sp³-hybridized carbons (Fsp3) is 0.450. The molecule has 158 valence electrons. The Bertz CT molecular complexity index is 1050. The Morgan fingerprint density at radius 1 is 1.23 bits per heavy atom. The first-order valence-electron chi connectivity index (χ1n) is 10.1. The van der Waals surface area contributed by atoms with E-state index >= 15 is 0 Å². The number of rotatable bonds is 5. The van der Waals surface area contributed by atoms with Crippen molar-refractivity contribution in [3.05, 3.63) is 41.7 Å². The smallest absolute Gasteiger partial charge is 0.287 e. The number of aryl methyl sites for hydroxylation is 2. The second kappa shape index (κ2) is 8.13. The number of hydrogen-bond donors (Lipinski definition) is 1. The van der Waals surface area contributed by atoms with E-state index in [0.29, 0.717) is 32.0 Å². The molecule has 4 rings (SSSR count). The fourth-order valence-corrected chi connectivity index (χ4v) is 3.68. The molecule has 10 nitrogen and oxygen atoms in total. The summed E-state index contributed by atoms with van der Waals surface area (Å²) < 4.78 is 7.04. The lowest BCUT2D eigenvalue weighted by Crippen LogP contribution is -2.54. The minimum atomic E-state index is -0.630. The molecule has 1 saturated heterocycles. The number of fused-ring (bicyclic) bond motifs is 1. The summed E-state index contributed by atoms with van der Waals surface area (Å²) in [5, 5.41) is 11.1. The zero-order valence-electron chi connectivity index (χ0n) is 17.3. The van der Waals surface area contributed by atoms with E-state index in [2.05, 4.69) is 25.4 Å². The molecule has 3 aromatic rings. The lowest BCUT2D eigenvalue weighted by molar-refractivity contribution is -0.133. The molecule has 0 saturated carbocycles. The Morgan fingerprint density at radius 2 is 2.00 bits per heavy atom. The number of amides is 2. The molecule has 1 atom stereocenters. The number of carbonyl (C=O) groups is 2. The lowest BCUT2D eigenvalue weighted by Gasteiger charge is -2.36. The largest absolute Gasteiger partial charge is 0.459 e. The number of anilines is 1. The van der Waals surface area contributed by atoms with E-state index in [0.717, 1.165) is 23.8 Å². The standard InChI is InChI=1S/C20H25N7O3/c1-4-16-23-24-20-22-17(12-13(2)27(16)20)25-7-9-26(10-8-25)19(29)14(3)21-18(28)15-6-5-11-30-15/h5-6,11-12,14H,4,7-10H2,1-3H3,(H,21,28). The average molecular weight is 411 g/mol. The third-order valence-electron chi connectivity index (χ3n) is 5.31. The van der Waals surface area contributed by atoms with E-state index in [1.807, 2.05) is 24.3 Å². The first-order valence-corrected chi connectivity index (χ1v) is 10.1. The van der Waals surface area contributed by atoms with E-state index in [-0.39, 0.29) is 11.7 Å². The first-order chi connectivity index (χ1) is 14.5. The van der Waals surface area contributed by atoms with Gasteiger partial charge in [-0.25, -0.2) is 0 Å². The molecule has 10 heteroatoms. The second-order valence-electron chi connectivity index (χ2n) is 7.35. The minimum Gasteiger partial charge on any atom is -0.459 e. The number of hydrogen-bond acceptors (Lipinski definition) is 7. The molecule has 1 unspecified atom stereocenters. The van der Waals surface area contributed by atoms with Gasteiger partial charge in [-0.1, -0.05) is 6.92 Å². The highest BCUT2D eigenvalue weighted by Crippen LogP contribution is 2.18. The molecule has 0 aromatic carbocycles. The van der Waals surface area contributed by atoms with Crippen molar-refractivity contribution in [2.24, 2.45) is 0 Å². The molecule has 0 bridgehead atoms. The van der Waals surface area contributed by atoms with Gasteiger partial charge in [0.2, 0.25) is 5.91 Å². The van der Waals surface area contributed by atoms with Gasteiger partial charge in [0.05, 0.1) is 6.26 Å². The summed E-state index contributed by atoms with van der Waals surface area (Å²) in [5.41, 5.74) is 1.03. The number of nitrogens with zero attached hydrogens (tertiary/aromatic N) is 6. The Balaban J connectivity index is 1.38. The highest BCUT2D eigenvalue weighted by Gasteiger charge is 2.27. The molecule has 2 amide bonds. The number of nitrogens with one attached hydrogen (secondary N) is 1. The highest BCUT2D eigenvalue weighted by molar-refractivity contribution is 5.95. The van der Waals surface area contributed by atoms with Gasteiger partial charge in [-0.3, -0.25) is 14.0 Å². The van der Waals surface area contributed by atoms with Crippen LogP contribution in [-0.4, -0.2) is 68.5 Å². The predicted octanol–water partition coefficient (Wildman–Crippen LogP) is 1.06. The van der Waals surface area contributed by atoms with Crippen LogP contribution < -0.4 is 10.2 Å². The van der Waals surface area contributed by atoms with Gasteiger partial charge in [0.15, 0.2) is 5.76 Å². The Labute approximate surface area is 173 Å². The molecule has 1 N–H and O–H groups in total. The van der Waals surface area contributed by atoms with Crippen molar-refractivity contribution in [3.63, 3.8) is 0 Å². The number of aromatic nitrogens is 4. The summed E-state index contributed by atoms with van der Waals surface area (Å²) in [6, 6.07) is 4.60. The summed E-state index contributed by atoms with van der Waals surface area (Å²) in [4.78, 5) is 33.4. The van der Waals surface area contributed by atoms with Crippen LogP contribution in [0.15, 0.2) is 28.9 Å².